The number of nitrogens with zero attached hydrogens (tertiary/aromatic N) is 4. The van der Waals surface area contributed by atoms with E-state index in [0.717, 1.165) is 56.7 Å². The van der Waals surface area contributed by atoms with Crippen LogP contribution in [0.15, 0.2) is 54.7 Å². The van der Waals surface area contributed by atoms with Gasteiger partial charge >= 0.3 is 0 Å². The van der Waals surface area contributed by atoms with Crippen LogP contribution in [0.4, 0.5) is 0 Å². The van der Waals surface area contributed by atoms with Crippen molar-refractivity contribution >= 4 is 11.8 Å². The van der Waals surface area contributed by atoms with Crippen LogP contribution >= 0.6 is 0 Å². The van der Waals surface area contributed by atoms with Crippen LogP contribution < -0.4 is 10.1 Å². The number of rotatable bonds is 9. The predicted molar refractivity (Wildman–Crippen MR) is 150 cm³/mol. The third kappa shape index (κ3) is 8.13. The number of pyridine rings is 1. The van der Waals surface area contributed by atoms with Gasteiger partial charge in [-0.1, -0.05) is 38.1 Å². The fourth-order valence-electron chi connectivity index (χ4n) is 4.77. The van der Waals surface area contributed by atoms with Gasteiger partial charge < -0.3 is 19.9 Å². The Bertz CT molecular complexity index is 1070. The minimum absolute atomic E-state index is 0.0181. The van der Waals surface area contributed by atoms with E-state index in [2.05, 4.69) is 65.3 Å². The molecule has 0 saturated carbocycles. The van der Waals surface area contributed by atoms with E-state index in [1.807, 2.05) is 18.3 Å². The number of amides is 2. The summed E-state index contributed by atoms with van der Waals surface area (Å²) in [5, 5.41) is 2.88. The first-order chi connectivity index (χ1) is 18.4. The molecule has 2 fully saturated rings. The van der Waals surface area contributed by atoms with Gasteiger partial charge in [-0.2, -0.15) is 0 Å². The number of piperazine rings is 1. The van der Waals surface area contributed by atoms with Crippen molar-refractivity contribution in [2.24, 2.45) is 0 Å². The molecule has 2 saturated heterocycles. The van der Waals surface area contributed by atoms with E-state index in [4.69, 9.17) is 4.74 Å². The topological polar surface area (TPSA) is 78.0 Å². The fraction of sp³-hybridized carbons (Fsp3) is 0.500. The molecule has 8 heteroatoms. The number of carbonyl (C=O) groups is 2. The predicted octanol–water partition coefficient (Wildman–Crippen LogP) is 3.16. The molecule has 2 aliphatic rings. The molecule has 1 aromatic heterocycles. The van der Waals surface area contributed by atoms with Gasteiger partial charge in [-0.25, -0.2) is 4.98 Å². The summed E-state index contributed by atoms with van der Waals surface area (Å²) < 4.78 is 6.09. The van der Waals surface area contributed by atoms with Crippen molar-refractivity contribution in [2.45, 2.75) is 38.7 Å². The van der Waals surface area contributed by atoms with Crippen molar-refractivity contribution in [1.82, 2.24) is 25.0 Å². The standard InChI is InChI=1S/C30H41N5O3/c1-23(2)24-4-6-25(7-5-24)26-8-10-29(32-22-26)38-27-12-15-35(16-13-27)30(37)11-9-28(36)31-14-17-34-20-18-33(3)19-21-34/h4-11,22-23,27H,12-21H2,1-3H3,(H,31,36)/b11-9-. The average molecular weight is 520 g/mol. The molecule has 38 heavy (non-hydrogen) atoms. The first kappa shape index (κ1) is 27.8. The summed E-state index contributed by atoms with van der Waals surface area (Å²) in [5.41, 5.74) is 3.52. The largest absolute Gasteiger partial charge is 0.474 e. The molecule has 204 valence electrons. The lowest BCUT2D eigenvalue weighted by atomic mass is 9.99. The minimum Gasteiger partial charge on any atom is -0.474 e. The van der Waals surface area contributed by atoms with Gasteiger partial charge in [0, 0.05) is 95.2 Å². The molecule has 2 aliphatic heterocycles. The zero-order valence-corrected chi connectivity index (χ0v) is 22.9. The number of hydrogen-bond acceptors (Lipinski definition) is 6. The first-order valence-corrected chi connectivity index (χ1v) is 13.8. The van der Waals surface area contributed by atoms with Gasteiger partial charge in [0.25, 0.3) is 0 Å². The van der Waals surface area contributed by atoms with Crippen molar-refractivity contribution in [2.75, 3.05) is 59.4 Å². The Morgan fingerprint density at radius 1 is 0.974 bits per heavy atom. The lowest BCUT2D eigenvalue weighted by Gasteiger charge is -2.32. The summed E-state index contributed by atoms with van der Waals surface area (Å²) in [7, 11) is 2.12. The summed E-state index contributed by atoms with van der Waals surface area (Å²) in [4.78, 5) is 35.6. The highest BCUT2D eigenvalue weighted by Crippen LogP contribution is 2.24. The maximum absolute atomic E-state index is 12.5. The van der Waals surface area contributed by atoms with Crippen LogP contribution in [0, 0.1) is 0 Å². The molecule has 2 amide bonds. The van der Waals surface area contributed by atoms with Gasteiger partial charge in [0.2, 0.25) is 17.7 Å². The zero-order chi connectivity index (χ0) is 26.9. The number of nitrogens with one attached hydrogen (secondary N) is 1. The Balaban J connectivity index is 1.15. The number of ether oxygens (including phenoxy) is 1. The van der Waals surface area contributed by atoms with Crippen LogP contribution in [0.3, 0.4) is 0 Å². The molecule has 0 aliphatic carbocycles. The summed E-state index contributed by atoms with van der Waals surface area (Å²) in [6, 6.07) is 12.5. The summed E-state index contributed by atoms with van der Waals surface area (Å²) in [5.74, 6) is 0.752. The quantitative estimate of drug-likeness (QED) is 0.513. The molecule has 1 N–H and O–H groups in total. The van der Waals surface area contributed by atoms with Gasteiger partial charge in [-0.15, -0.1) is 0 Å². The number of likely N-dealkylation sites (tertiary alicyclic amines) is 1. The molecule has 0 radical (unpaired) electrons. The second-order valence-electron chi connectivity index (χ2n) is 10.6. The second-order valence-corrected chi connectivity index (χ2v) is 10.6. The Labute approximate surface area is 226 Å². The van der Waals surface area contributed by atoms with Crippen molar-refractivity contribution in [3.05, 3.63) is 60.3 Å². The van der Waals surface area contributed by atoms with Gasteiger partial charge in [-0.05, 0) is 30.2 Å². The number of benzene rings is 1. The number of aromatic nitrogens is 1. The van der Waals surface area contributed by atoms with E-state index in [-0.39, 0.29) is 17.9 Å². The maximum Gasteiger partial charge on any atom is 0.246 e. The van der Waals surface area contributed by atoms with Crippen LogP contribution in [0.2, 0.25) is 0 Å². The lowest BCUT2D eigenvalue weighted by molar-refractivity contribution is -0.128. The number of piperidine rings is 1. The molecule has 0 unspecified atom stereocenters. The average Bonchev–Trinajstić information content (AvgIpc) is 2.94. The summed E-state index contributed by atoms with van der Waals surface area (Å²) in [6.07, 6.45) is 6.05. The van der Waals surface area contributed by atoms with E-state index in [1.54, 1.807) is 4.90 Å². The van der Waals surface area contributed by atoms with E-state index in [1.165, 1.54) is 17.7 Å². The van der Waals surface area contributed by atoms with Gasteiger partial charge in [0.15, 0.2) is 0 Å². The van der Waals surface area contributed by atoms with E-state index in [9.17, 15) is 9.59 Å². The number of carbonyl (C=O) groups excluding carboxylic acids is 2. The molecule has 4 rings (SSSR count). The molecular formula is C30H41N5O3. The lowest BCUT2D eigenvalue weighted by Crippen LogP contribution is -2.46. The Morgan fingerprint density at radius 3 is 2.29 bits per heavy atom. The Kier molecular flexibility index (Phi) is 9.90. The molecule has 8 nitrogen and oxygen atoms in total. The van der Waals surface area contributed by atoms with Crippen LogP contribution in [0.25, 0.3) is 11.1 Å². The first-order valence-electron chi connectivity index (χ1n) is 13.8. The van der Waals surface area contributed by atoms with Crippen molar-refractivity contribution in [3.63, 3.8) is 0 Å². The molecule has 3 heterocycles. The Morgan fingerprint density at radius 2 is 1.66 bits per heavy atom. The molecule has 1 aromatic carbocycles. The smallest absolute Gasteiger partial charge is 0.246 e. The third-order valence-electron chi connectivity index (χ3n) is 7.39. The van der Waals surface area contributed by atoms with Gasteiger partial charge in [0.05, 0.1) is 0 Å². The fourth-order valence-corrected chi connectivity index (χ4v) is 4.77. The van der Waals surface area contributed by atoms with Crippen LogP contribution in [0.5, 0.6) is 5.88 Å². The van der Waals surface area contributed by atoms with Gasteiger partial charge in [-0.3, -0.25) is 14.5 Å². The highest BCUT2D eigenvalue weighted by atomic mass is 16.5. The number of hydrogen-bond donors (Lipinski definition) is 1. The monoisotopic (exact) mass is 519 g/mol. The highest BCUT2D eigenvalue weighted by Gasteiger charge is 2.23. The molecule has 0 spiro atoms. The van der Waals surface area contributed by atoms with Crippen molar-refractivity contribution < 1.29 is 14.3 Å². The molecular weight excluding hydrogens is 478 g/mol. The molecule has 0 atom stereocenters. The van der Waals surface area contributed by atoms with E-state index in [0.29, 0.717) is 31.4 Å². The number of likely N-dealkylation sites (N-methyl/N-ethyl adjacent to an activating group) is 1. The second kappa shape index (κ2) is 13.5. The minimum atomic E-state index is -0.226. The molecule has 0 bridgehead atoms. The van der Waals surface area contributed by atoms with Crippen LogP contribution in [0.1, 0.15) is 38.2 Å². The van der Waals surface area contributed by atoms with Crippen molar-refractivity contribution in [3.8, 4) is 17.0 Å². The maximum atomic E-state index is 12.5. The normalized spacial score (nSPS) is 17.7. The van der Waals surface area contributed by atoms with Crippen LogP contribution in [-0.2, 0) is 9.59 Å². The Hall–Kier alpha value is -3.23. The SMILES string of the molecule is CC(C)c1ccc(-c2ccc(OC3CCN(C(=O)/C=C\C(=O)NCCN4CCN(C)CC4)CC3)nc2)cc1. The summed E-state index contributed by atoms with van der Waals surface area (Å²) >= 11 is 0. The summed E-state index contributed by atoms with van der Waals surface area (Å²) in [6.45, 7) is 11.1. The van der Waals surface area contributed by atoms with Crippen molar-refractivity contribution in [1.29, 1.82) is 0 Å². The third-order valence-corrected chi connectivity index (χ3v) is 7.39. The van der Waals surface area contributed by atoms with E-state index >= 15 is 0 Å². The van der Waals surface area contributed by atoms with E-state index < -0.39 is 0 Å². The zero-order valence-electron chi connectivity index (χ0n) is 22.9. The van der Waals surface area contributed by atoms with Gasteiger partial charge in [0.1, 0.15) is 6.10 Å². The highest BCUT2D eigenvalue weighted by molar-refractivity contribution is 5.96. The molecule has 2 aromatic rings. The van der Waals surface area contributed by atoms with Crippen LogP contribution in [-0.4, -0.2) is 97.0 Å².